The number of nitrogens with two attached hydrogens (primary N) is 1. The minimum Gasteiger partial charge on any atom is -0.397 e. The fourth-order valence-corrected chi connectivity index (χ4v) is 3.09. The van der Waals surface area contributed by atoms with Gasteiger partial charge in [0.1, 0.15) is 9.71 Å². The van der Waals surface area contributed by atoms with E-state index in [0.717, 1.165) is 24.8 Å². The number of hydrogen-bond donors (Lipinski definition) is 2. The smallest absolute Gasteiger partial charge is 0.263 e. The lowest BCUT2D eigenvalue weighted by molar-refractivity contribution is 0.0862. The molecule has 19 heavy (non-hydrogen) atoms. The highest BCUT2D eigenvalue weighted by molar-refractivity contribution is 7.21. The van der Waals surface area contributed by atoms with Crippen LogP contribution < -0.4 is 11.1 Å². The van der Waals surface area contributed by atoms with Crippen molar-refractivity contribution in [2.24, 2.45) is 0 Å². The van der Waals surface area contributed by atoms with Gasteiger partial charge in [-0.1, -0.05) is 0 Å². The zero-order valence-electron chi connectivity index (χ0n) is 10.3. The minimum atomic E-state index is -0.170. The van der Waals surface area contributed by atoms with E-state index in [9.17, 15) is 4.79 Å². The van der Waals surface area contributed by atoms with E-state index in [1.807, 2.05) is 0 Å². The van der Waals surface area contributed by atoms with Gasteiger partial charge < -0.3 is 15.8 Å². The van der Waals surface area contributed by atoms with Crippen LogP contribution in [0.4, 0.5) is 5.69 Å². The molecule has 1 aliphatic rings. The van der Waals surface area contributed by atoms with Gasteiger partial charge in [-0.3, -0.25) is 4.79 Å². The molecule has 0 aromatic carbocycles. The summed E-state index contributed by atoms with van der Waals surface area (Å²) in [5, 5.41) is 11.4. The van der Waals surface area contributed by atoms with Gasteiger partial charge in [0, 0.05) is 18.5 Å². The Labute approximate surface area is 114 Å². The van der Waals surface area contributed by atoms with Gasteiger partial charge in [-0.25, -0.2) is 0 Å². The molecule has 3 heterocycles. The lowest BCUT2D eigenvalue weighted by atomic mass is 10.2. The third-order valence-electron chi connectivity index (χ3n) is 3.14. The Kier molecular flexibility index (Phi) is 3.31. The van der Waals surface area contributed by atoms with Crippen LogP contribution in [0, 0.1) is 0 Å². The first-order chi connectivity index (χ1) is 9.25. The van der Waals surface area contributed by atoms with Gasteiger partial charge in [0.05, 0.1) is 18.0 Å². The maximum atomic E-state index is 12.1. The number of anilines is 1. The second-order valence-corrected chi connectivity index (χ2v) is 5.44. The summed E-state index contributed by atoms with van der Waals surface area (Å²) in [5.41, 5.74) is 6.45. The van der Waals surface area contributed by atoms with Crippen molar-refractivity contribution in [1.29, 1.82) is 0 Å². The third-order valence-corrected chi connectivity index (χ3v) is 4.25. The Morgan fingerprint density at radius 1 is 1.63 bits per heavy atom. The lowest BCUT2D eigenvalue weighted by Crippen LogP contribution is -2.31. The number of amides is 1. The number of carbonyl (C=O) groups is 1. The monoisotopic (exact) mass is 278 g/mol. The van der Waals surface area contributed by atoms with Crippen LogP contribution in [0.3, 0.4) is 0 Å². The average molecular weight is 278 g/mol. The molecule has 1 saturated heterocycles. The molecular formula is C12H14N4O2S. The number of nitrogen functional groups attached to an aromatic ring is 1. The van der Waals surface area contributed by atoms with Crippen LogP contribution in [0.1, 0.15) is 22.5 Å². The first-order valence-electron chi connectivity index (χ1n) is 6.15. The Bertz CT molecular complexity index is 607. The first-order valence-corrected chi connectivity index (χ1v) is 6.97. The lowest BCUT2D eigenvalue weighted by Gasteiger charge is -2.10. The summed E-state index contributed by atoms with van der Waals surface area (Å²) in [6.45, 7) is 1.30. The number of ether oxygens (including phenoxy) is 1. The standard InChI is InChI=1S/C12H14N4O2S/c13-9-8-3-4-15-16-12(8)19-10(9)11(17)14-6-7-2-1-5-18-7/h3-4,7H,1-2,5-6,13H2,(H,14,17). The van der Waals surface area contributed by atoms with E-state index in [-0.39, 0.29) is 12.0 Å². The molecule has 0 bridgehead atoms. The number of carbonyl (C=O) groups excluding carboxylic acids is 1. The molecule has 1 fully saturated rings. The van der Waals surface area contributed by atoms with Crippen molar-refractivity contribution in [3.63, 3.8) is 0 Å². The quantitative estimate of drug-likeness (QED) is 0.880. The molecule has 0 radical (unpaired) electrons. The fraction of sp³-hybridized carbons (Fsp3) is 0.417. The van der Waals surface area contributed by atoms with E-state index in [0.29, 0.717) is 21.9 Å². The zero-order valence-corrected chi connectivity index (χ0v) is 11.1. The number of fused-ring (bicyclic) bond motifs is 1. The summed E-state index contributed by atoms with van der Waals surface area (Å²) in [7, 11) is 0. The summed E-state index contributed by atoms with van der Waals surface area (Å²) < 4.78 is 5.46. The van der Waals surface area contributed by atoms with Crippen molar-refractivity contribution >= 4 is 33.1 Å². The molecule has 1 unspecified atom stereocenters. The largest absolute Gasteiger partial charge is 0.397 e. The minimum absolute atomic E-state index is 0.124. The molecule has 3 N–H and O–H groups in total. The highest BCUT2D eigenvalue weighted by Crippen LogP contribution is 2.31. The van der Waals surface area contributed by atoms with E-state index in [1.54, 1.807) is 12.3 Å². The van der Waals surface area contributed by atoms with Crippen LogP contribution in [0.2, 0.25) is 0 Å². The predicted octanol–water partition coefficient (Wildman–Crippen LogP) is 1.18. The molecule has 2 aromatic rings. The number of thiophene rings is 1. The number of rotatable bonds is 3. The van der Waals surface area contributed by atoms with Crippen LogP contribution in [0.15, 0.2) is 12.3 Å². The van der Waals surface area contributed by atoms with Crippen molar-refractivity contribution in [2.75, 3.05) is 18.9 Å². The second kappa shape index (κ2) is 5.10. The van der Waals surface area contributed by atoms with E-state index in [4.69, 9.17) is 10.5 Å². The second-order valence-electron chi connectivity index (χ2n) is 4.44. The van der Waals surface area contributed by atoms with Crippen molar-refractivity contribution in [2.45, 2.75) is 18.9 Å². The van der Waals surface area contributed by atoms with Crippen molar-refractivity contribution in [3.05, 3.63) is 17.1 Å². The van der Waals surface area contributed by atoms with Gasteiger partial charge in [0.15, 0.2) is 0 Å². The van der Waals surface area contributed by atoms with Crippen LogP contribution >= 0.6 is 11.3 Å². The summed E-state index contributed by atoms with van der Waals surface area (Å²) in [5.74, 6) is -0.170. The van der Waals surface area contributed by atoms with Gasteiger partial charge in [-0.05, 0) is 18.9 Å². The van der Waals surface area contributed by atoms with Crippen molar-refractivity contribution < 1.29 is 9.53 Å². The predicted molar refractivity (Wildman–Crippen MR) is 73.1 cm³/mol. The van der Waals surface area contributed by atoms with Gasteiger partial charge in [0.2, 0.25) is 0 Å². The molecule has 0 saturated carbocycles. The molecular weight excluding hydrogens is 264 g/mol. The molecule has 0 aliphatic carbocycles. The number of hydrogen-bond acceptors (Lipinski definition) is 6. The highest BCUT2D eigenvalue weighted by Gasteiger charge is 2.20. The topological polar surface area (TPSA) is 90.1 Å². The number of nitrogens with zero attached hydrogens (tertiary/aromatic N) is 2. The van der Waals surface area contributed by atoms with Crippen molar-refractivity contribution in [1.82, 2.24) is 15.5 Å². The summed E-state index contributed by atoms with van der Waals surface area (Å²) in [4.78, 5) is 13.3. The zero-order chi connectivity index (χ0) is 13.2. The molecule has 2 aromatic heterocycles. The molecule has 1 amide bonds. The fourth-order valence-electron chi connectivity index (χ4n) is 2.13. The molecule has 6 nitrogen and oxygen atoms in total. The van der Waals surface area contributed by atoms with E-state index in [1.165, 1.54) is 11.3 Å². The van der Waals surface area contributed by atoms with Crippen LogP contribution in [-0.4, -0.2) is 35.4 Å². The van der Waals surface area contributed by atoms with Crippen molar-refractivity contribution in [3.8, 4) is 0 Å². The Balaban J connectivity index is 1.75. The van der Waals surface area contributed by atoms with E-state index < -0.39 is 0 Å². The molecule has 1 atom stereocenters. The van der Waals surface area contributed by atoms with Gasteiger partial charge in [-0.15, -0.1) is 16.4 Å². The molecule has 1 aliphatic heterocycles. The molecule has 7 heteroatoms. The number of nitrogens with one attached hydrogen (secondary N) is 1. The maximum absolute atomic E-state index is 12.1. The van der Waals surface area contributed by atoms with Gasteiger partial charge in [-0.2, -0.15) is 5.10 Å². The third kappa shape index (κ3) is 2.39. The van der Waals surface area contributed by atoms with Gasteiger partial charge in [0.25, 0.3) is 5.91 Å². The highest BCUT2D eigenvalue weighted by atomic mass is 32.1. The Hall–Kier alpha value is -1.73. The Morgan fingerprint density at radius 2 is 2.53 bits per heavy atom. The average Bonchev–Trinajstić information content (AvgIpc) is 3.05. The van der Waals surface area contributed by atoms with Crippen LogP contribution in [-0.2, 0) is 4.74 Å². The van der Waals surface area contributed by atoms with E-state index in [2.05, 4.69) is 15.5 Å². The first kappa shape index (κ1) is 12.3. The molecule has 0 spiro atoms. The summed E-state index contributed by atoms with van der Waals surface area (Å²) >= 11 is 1.26. The number of aromatic nitrogens is 2. The summed E-state index contributed by atoms with van der Waals surface area (Å²) in [6, 6.07) is 1.77. The summed E-state index contributed by atoms with van der Waals surface area (Å²) in [6.07, 6.45) is 3.74. The van der Waals surface area contributed by atoms with Crippen LogP contribution in [0.25, 0.3) is 10.2 Å². The van der Waals surface area contributed by atoms with Gasteiger partial charge >= 0.3 is 0 Å². The molecule has 100 valence electrons. The normalized spacial score (nSPS) is 18.8. The van der Waals surface area contributed by atoms with E-state index >= 15 is 0 Å². The molecule has 3 rings (SSSR count). The Morgan fingerprint density at radius 3 is 3.26 bits per heavy atom. The maximum Gasteiger partial charge on any atom is 0.263 e. The van der Waals surface area contributed by atoms with Crippen LogP contribution in [0.5, 0.6) is 0 Å². The SMILES string of the molecule is Nc1c(C(=O)NCC2CCCO2)sc2nnccc12.